The number of nitrogens with zero attached hydrogens (tertiary/aromatic N) is 1. The van der Waals surface area contributed by atoms with Gasteiger partial charge in [-0.25, -0.2) is 0 Å². The highest BCUT2D eigenvalue weighted by Crippen LogP contribution is 2.02. The van der Waals surface area contributed by atoms with Crippen LogP contribution in [0.1, 0.15) is 20.8 Å². The van der Waals surface area contributed by atoms with Crippen LogP contribution in [0.2, 0.25) is 0 Å². The largest absolute Gasteiger partial charge is 0.388 e. The zero-order valence-corrected chi connectivity index (χ0v) is 7.88. The summed E-state index contributed by atoms with van der Waals surface area (Å²) in [4.78, 5) is 0.644. The Hall–Kier alpha value is -0.880. The lowest BCUT2D eigenvalue weighted by atomic mass is 10.2. The second kappa shape index (κ2) is 4.86. The lowest BCUT2D eigenvalue weighted by molar-refractivity contribution is 0.851. The van der Waals surface area contributed by atoms with Gasteiger partial charge in [-0.05, 0) is 20.8 Å². The molecule has 0 saturated heterocycles. The van der Waals surface area contributed by atoms with Gasteiger partial charge in [-0.1, -0.05) is 12.2 Å². The number of hydrogen-bond acceptors (Lipinski definition) is 3. The minimum atomic E-state index is 0.585. The van der Waals surface area contributed by atoms with E-state index in [4.69, 9.17) is 17.5 Å². The summed E-state index contributed by atoms with van der Waals surface area (Å²) in [5, 5.41) is 11.7. The van der Waals surface area contributed by atoms with Crippen LogP contribution in [-0.4, -0.2) is 11.4 Å². The van der Waals surface area contributed by atoms with E-state index in [0.29, 0.717) is 10.4 Å². The second-order valence-electron chi connectivity index (χ2n) is 2.20. The predicted molar refractivity (Wildman–Crippen MR) is 50.3 cm³/mol. The molecule has 0 amide bonds. The maximum Gasteiger partial charge on any atom is 0.102 e. The minimum absolute atomic E-state index is 0.585. The summed E-state index contributed by atoms with van der Waals surface area (Å²) in [5.74, 6) is 0. The van der Waals surface area contributed by atoms with Gasteiger partial charge in [0.1, 0.15) is 6.07 Å². The van der Waals surface area contributed by atoms with Crippen LogP contribution in [0.4, 0.5) is 0 Å². The summed E-state index contributed by atoms with van der Waals surface area (Å²) < 4.78 is 0. The van der Waals surface area contributed by atoms with E-state index in [1.165, 1.54) is 0 Å². The average Bonchev–Trinajstić information content (AvgIpc) is 1.88. The Labute approximate surface area is 72.9 Å². The van der Waals surface area contributed by atoms with Gasteiger partial charge in [0.05, 0.1) is 5.57 Å². The van der Waals surface area contributed by atoms with Crippen molar-refractivity contribution in [2.24, 2.45) is 0 Å². The molecule has 60 valence electrons. The van der Waals surface area contributed by atoms with E-state index >= 15 is 0 Å². The maximum absolute atomic E-state index is 8.66. The number of allylic oxidation sites excluding steroid dienone is 2. The van der Waals surface area contributed by atoms with Gasteiger partial charge >= 0.3 is 0 Å². The zero-order chi connectivity index (χ0) is 8.85. The molecule has 0 unspecified atom stereocenters. The lowest BCUT2D eigenvalue weighted by Gasteiger charge is -2.04. The van der Waals surface area contributed by atoms with E-state index in [2.05, 4.69) is 11.4 Å². The van der Waals surface area contributed by atoms with Gasteiger partial charge in [-0.3, -0.25) is 0 Å². The Morgan fingerprint density at radius 2 is 2.09 bits per heavy atom. The molecule has 0 rings (SSSR count). The van der Waals surface area contributed by atoms with Crippen LogP contribution >= 0.6 is 12.2 Å². The van der Waals surface area contributed by atoms with Crippen LogP contribution in [-0.2, 0) is 0 Å². The highest BCUT2D eigenvalue weighted by atomic mass is 32.1. The number of rotatable bonds is 3. The van der Waals surface area contributed by atoms with Gasteiger partial charge in [0.25, 0.3) is 0 Å². The molecule has 0 fully saturated rings. The molecule has 0 aromatic rings. The van der Waals surface area contributed by atoms with Crippen LogP contribution in [0.5, 0.6) is 0 Å². The monoisotopic (exact) mass is 168 g/mol. The van der Waals surface area contributed by atoms with Crippen molar-refractivity contribution >= 4 is 17.1 Å². The summed E-state index contributed by atoms with van der Waals surface area (Å²) in [6.07, 6.45) is 0. The molecule has 0 aliphatic carbocycles. The summed E-state index contributed by atoms with van der Waals surface area (Å²) in [7, 11) is 0. The molecule has 0 aromatic carbocycles. The molecule has 0 spiro atoms. The Morgan fingerprint density at radius 3 is 2.36 bits per heavy atom. The number of thiocarbonyl (C=S) groups is 1. The van der Waals surface area contributed by atoms with Crippen molar-refractivity contribution in [1.29, 1.82) is 5.26 Å². The van der Waals surface area contributed by atoms with Gasteiger partial charge in [-0.15, -0.1) is 0 Å². The first-order valence-electron chi connectivity index (χ1n) is 3.49. The van der Waals surface area contributed by atoms with Crippen molar-refractivity contribution in [2.75, 3.05) is 6.54 Å². The van der Waals surface area contributed by atoms with E-state index in [9.17, 15) is 0 Å². The van der Waals surface area contributed by atoms with E-state index in [1.54, 1.807) is 6.92 Å². The first-order valence-corrected chi connectivity index (χ1v) is 3.90. The van der Waals surface area contributed by atoms with E-state index in [0.717, 1.165) is 12.2 Å². The molecule has 2 nitrogen and oxygen atoms in total. The molecule has 0 atom stereocenters. The van der Waals surface area contributed by atoms with Gasteiger partial charge in [0.2, 0.25) is 0 Å². The van der Waals surface area contributed by atoms with Crippen molar-refractivity contribution in [3.63, 3.8) is 0 Å². The molecule has 1 N–H and O–H groups in total. The SMILES string of the molecule is CCN/C(C)=C(/C#N)C(C)=S. The van der Waals surface area contributed by atoms with Crippen LogP contribution in [0.25, 0.3) is 0 Å². The molecule has 0 bridgehead atoms. The van der Waals surface area contributed by atoms with E-state index in [1.807, 2.05) is 13.8 Å². The lowest BCUT2D eigenvalue weighted by Crippen LogP contribution is -2.13. The van der Waals surface area contributed by atoms with Gasteiger partial charge in [0, 0.05) is 17.1 Å². The smallest absolute Gasteiger partial charge is 0.102 e. The van der Waals surface area contributed by atoms with E-state index < -0.39 is 0 Å². The Balaban J connectivity index is 4.58. The maximum atomic E-state index is 8.66. The Morgan fingerprint density at radius 1 is 1.55 bits per heavy atom. The van der Waals surface area contributed by atoms with Crippen molar-refractivity contribution in [3.05, 3.63) is 11.3 Å². The summed E-state index contributed by atoms with van der Waals surface area (Å²) in [6, 6.07) is 2.06. The van der Waals surface area contributed by atoms with Crippen molar-refractivity contribution in [1.82, 2.24) is 5.32 Å². The van der Waals surface area contributed by atoms with Crippen LogP contribution < -0.4 is 5.32 Å². The fraction of sp³-hybridized carbons (Fsp3) is 0.500. The Bertz CT molecular complexity index is 223. The molecule has 0 aromatic heterocycles. The molecule has 0 aliphatic rings. The molecule has 0 heterocycles. The van der Waals surface area contributed by atoms with Crippen molar-refractivity contribution in [2.45, 2.75) is 20.8 Å². The van der Waals surface area contributed by atoms with E-state index in [-0.39, 0.29) is 0 Å². The van der Waals surface area contributed by atoms with Gasteiger partial charge in [-0.2, -0.15) is 5.26 Å². The first kappa shape index (κ1) is 10.1. The third-order valence-electron chi connectivity index (χ3n) is 1.28. The Kier molecular flexibility index (Phi) is 4.47. The minimum Gasteiger partial charge on any atom is -0.388 e. The average molecular weight is 168 g/mol. The van der Waals surface area contributed by atoms with Crippen LogP contribution in [0, 0.1) is 11.3 Å². The first-order chi connectivity index (χ1) is 5.13. The predicted octanol–water partition coefficient (Wildman–Crippen LogP) is 1.78. The molecular weight excluding hydrogens is 156 g/mol. The topological polar surface area (TPSA) is 35.8 Å². The third kappa shape index (κ3) is 3.15. The molecule has 0 radical (unpaired) electrons. The zero-order valence-electron chi connectivity index (χ0n) is 7.06. The van der Waals surface area contributed by atoms with Gasteiger partial charge < -0.3 is 5.32 Å². The fourth-order valence-electron chi connectivity index (χ4n) is 0.780. The molecular formula is C8H12N2S. The van der Waals surface area contributed by atoms with Crippen LogP contribution in [0.15, 0.2) is 11.3 Å². The quantitative estimate of drug-likeness (QED) is 0.396. The summed E-state index contributed by atoms with van der Waals surface area (Å²) in [5.41, 5.74) is 1.45. The van der Waals surface area contributed by atoms with Crippen LogP contribution in [0.3, 0.4) is 0 Å². The van der Waals surface area contributed by atoms with Crippen molar-refractivity contribution in [3.8, 4) is 6.07 Å². The van der Waals surface area contributed by atoms with Gasteiger partial charge in [0.15, 0.2) is 0 Å². The highest BCUT2D eigenvalue weighted by molar-refractivity contribution is 7.80. The molecule has 0 saturated carbocycles. The number of hydrogen-bond donors (Lipinski definition) is 1. The highest BCUT2D eigenvalue weighted by Gasteiger charge is 2.01. The summed E-state index contributed by atoms with van der Waals surface area (Å²) in [6.45, 7) is 6.42. The second-order valence-corrected chi connectivity index (χ2v) is 2.81. The number of nitrogens with one attached hydrogen (secondary N) is 1. The standard InChI is InChI=1S/C8H12N2S/c1-4-10-6(2)8(5-9)7(3)11/h10H,4H2,1-3H3/b8-6-. The molecule has 0 aliphatic heterocycles. The van der Waals surface area contributed by atoms with Crippen molar-refractivity contribution < 1.29 is 0 Å². The summed E-state index contributed by atoms with van der Waals surface area (Å²) >= 11 is 4.89. The third-order valence-corrected chi connectivity index (χ3v) is 1.48. The molecule has 11 heavy (non-hydrogen) atoms. The number of nitriles is 1. The normalized spacial score (nSPS) is 11.5. The molecule has 3 heteroatoms. The fourth-order valence-corrected chi connectivity index (χ4v) is 0.979.